The van der Waals surface area contributed by atoms with Crippen LogP contribution >= 0.6 is 0 Å². The summed E-state index contributed by atoms with van der Waals surface area (Å²) in [6, 6.07) is 3.53. The Hall–Kier alpha value is -1.90. The van der Waals surface area contributed by atoms with E-state index in [-0.39, 0.29) is 5.91 Å². The molecule has 66 valence electrons. The highest BCUT2D eigenvalue weighted by atomic mass is 16.1. The monoisotopic (exact) mass is 174 g/mol. The van der Waals surface area contributed by atoms with Crippen molar-refractivity contribution in [1.29, 1.82) is 0 Å². The van der Waals surface area contributed by atoms with Crippen LogP contribution in [0.15, 0.2) is 49.3 Å². The molecule has 0 aliphatic heterocycles. The summed E-state index contributed by atoms with van der Waals surface area (Å²) in [5.74, 6) is -0.187. The van der Waals surface area contributed by atoms with Crippen LogP contribution in [-0.2, 0) is 4.79 Å². The summed E-state index contributed by atoms with van der Waals surface area (Å²) in [5, 5.41) is 2.64. The second-order valence-corrected chi connectivity index (χ2v) is 2.33. The zero-order valence-electron chi connectivity index (χ0n) is 7.10. The van der Waals surface area contributed by atoms with Crippen LogP contribution in [0.4, 0.5) is 5.69 Å². The maximum atomic E-state index is 11.1. The zero-order valence-corrected chi connectivity index (χ0v) is 7.10. The Labute approximate surface area is 76.8 Å². The molecule has 1 N–H and O–H groups in total. The van der Waals surface area contributed by atoms with Gasteiger partial charge in [-0.1, -0.05) is 18.7 Å². The summed E-state index contributed by atoms with van der Waals surface area (Å²) in [6.07, 6.45) is 7.75. The van der Waals surface area contributed by atoms with Crippen molar-refractivity contribution in [2.75, 3.05) is 5.32 Å². The Kier molecular flexibility index (Phi) is 3.45. The molecule has 1 heterocycles. The number of hydrogen-bond acceptors (Lipinski definition) is 2. The number of hydrogen-bond donors (Lipinski definition) is 1. The smallest absolute Gasteiger partial charge is 0.248 e. The van der Waals surface area contributed by atoms with Crippen LogP contribution in [0, 0.1) is 0 Å². The Morgan fingerprint density at radius 2 is 2.46 bits per heavy atom. The third-order valence-corrected chi connectivity index (χ3v) is 1.31. The van der Waals surface area contributed by atoms with Gasteiger partial charge in [0.2, 0.25) is 5.91 Å². The molecule has 0 fully saturated rings. The van der Waals surface area contributed by atoms with Crippen LogP contribution in [0.25, 0.3) is 0 Å². The van der Waals surface area contributed by atoms with Crippen molar-refractivity contribution in [3.05, 3.63) is 49.3 Å². The lowest BCUT2D eigenvalue weighted by atomic mass is 10.4. The fourth-order valence-electron chi connectivity index (χ4n) is 0.776. The third kappa shape index (κ3) is 3.33. The van der Waals surface area contributed by atoms with Crippen LogP contribution < -0.4 is 5.32 Å². The van der Waals surface area contributed by atoms with Gasteiger partial charge >= 0.3 is 0 Å². The van der Waals surface area contributed by atoms with E-state index in [0.29, 0.717) is 5.69 Å². The molecule has 0 aromatic carbocycles. The van der Waals surface area contributed by atoms with Crippen molar-refractivity contribution in [3.63, 3.8) is 0 Å². The molecule has 0 atom stereocenters. The van der Waals surface area contributed by atoms with Crippen LogP contribution in [0.3, 0.4) is 0 Å². The van der Waals surface area contributed by atoms with Gasteiger partial charge in [0.05, 0.1) is 11.9 Å². The van der Waals surface area contributed by atoms with Crippen molar-refractivity contribution in [2.24, 2.45) is 0 Å². The number of nitrogens with one attached hydrogen (secondary N) is 1. The SMILES string of the molecule is C=C/C=C/C(=O)Nc1cccnc1. The fourth-order valence-corrected chi connectivity index (χ4v) is 0.776. The molecule has 0 radical (unpaired) electrons. The number of allylic oxidation sites excluding steroid dienone is 2. The van der Waals surface area contributed by atoms with Crippen molar-refractivity contribution < 1.29 is 4.79 Å². The molecule has 0 saturated heterocycles. The van der Waals surface area contributed by atoms with Crippen LogP contribution in [0.5, 0.6) is 0 Å². The molecule has 0 saturated carbocycles. The third-order valence-electron chi connectivity index (χ3n) is 1.31. The van der Waals surface area contributed by atoms with Gasteiger partial charge in [-0.15, -0.1) is 0 Å². The summed E-state index contributed by atoms with van der Waals surface area (Å²) in [5.41, 5.74) is 0.682. The number of carbonyl (C=O) groups is 1. The van der Waals surface area contributed by atoms with Gasteiger partial charge in [-0.05, 0) is 12.1 Å². The lowest BCUT2D eigenvalue weighted by molar-refractivity contribution is -0.111. The molecule has 0 bridgehead atoms. The minimum atomic E-state index is -0.187. The summed E-state index contributed by atoms with van der Waals surface area (Å²) in [4.78, 5) is 15.0. The van der Waals surface area contributed by atoms with E-state index < -0.39 is 0 Å². The van der Waals surface area contributed by atoms with Crippen molar-refractivity contribution in [2.45, 2.75) is 0 Å². The van der Waals surface area contributed by atoms with E-state index in [2.05, 4.69) is 16.9 Å². The molecule has 0 spiro atoms. The quantitative estimate of drug-likeness (QED) is 0.560. The van der Waals surface area contributed by atoms with Gasteiger partial charge in [0.1, 0.15) is 0 Å². The van der Waals surface area contributed by atoms with Crippen LogP contribution in [0.1, 0.15) is 0 Å². The van der Waals surface area contributed by atoms with Gasteiger partial charge < -0.3 is 5.32 Å². The first-order valence-electron chi connectivity index (χ1n) is 3.83. The van der Waals surface area contributed by atoms with E-state index in [1.807, 2.05) is 0 Å². The summed E-state index contributed by atoms with van der Waals surface area (Å²) >= 11 is 0. The first-order valence-corrected chi connectivity index (χ1v) is 3.83. The van der Waals surface area contributed by atoms with Crippen molar-refractivity contribution >= 4 is 11.6 Å². The first kappa shape index (κ1) is 9.19. The normalized spacial score (nSPS) is 9.85. The molecule has 13 heavy (non-hydrogen) atoms. The average Bonchev–Trinajstić information content (AvgIpc) is 2.16. The number of aromatic nitrogens is 1. The summed E-state index contributed by atoms with van der Waals surface area (Å²) < 4.78 is 0. The molecule has 0 aliphatic carbocycles. The molecular weight excluding hydrogens is 164 g/mol. The highest BCUT2D eigenvalue weighted by Crippen LogP contribution is 2.01. The lowest BCUT2D eigenvalue weighted by Gasteiger charge is -1.98. The van der Waals surface area contributed by atoms with Crippen LogP contribution in [-0.4, -0.2) is 10.9 Å². The van der Waals surface area contributed by atoms with Crippen LogP contribution in [0.2, 0.25) is 0 Å². The molecule has 1 aromatic heterocycles. The second-order valence-electron chi connectivity index (χ2n) is 2.33. The Bertz CT molecular complexity index is 317. The topological polar surface area (TPSA) is 42.0 Å². The van der Waals surface area contributed by atoms with E-state index in [0.717, 1.165) is 0 Å². The molecule has 3 nitrogen and oxygen atoms in total. The number of anilines is 1. The minimum absolute atomic E-state index is 0.187. The van der Waals surface area contributed by atoms with E-state index in [1.54, 1.807) is 36.7 Å². The Morgan fingerprint density at radius 1 is 1.62 bits per heavy atom. The van der Waals surface area contributed by atoms with E-state index in [9.17, 15) is 4.79 Å². The van der Waals surface area contributed by atoms with Gasteiger partial charge in [-0.3, -0.25) is 9.78 Å². The molecule has 1 rings (SSSR count). The van der Waals surface area contributed by atoms with E-state index in [4.69, 9.17) is 0 Å². The summed E-state index contributed by atoms with van der Waals surface area (Å²) in [7, 11) is 0. The number of amides is 1. The average molecular weight is 174 g/mol. The standard InChI is InChI=1S/C10H10N2O/c1-2-3-6-10(13)12-9-5-4-7-11-8-9/h2-8H,1H2,(H,12,13)/b6-3+. The largest absolute Gasteiger partial charge is 0.321 e. The van der Waals surface area contributed by atoms with E-state index in [1.165, 1.54) is 6.08 Å². The Morgan fingerprint density at radius 3 is 3.08 bits per heavy atom. The van der Waals surface area contributed by atoms with Gasteiger partial charge in [-0.2, -0.15) is 0 Å². The number of carbonyl (C=O) groups excluding carboxylic acids is 1. The highest BCUT2D eigenvalue weighted by Gasteiger charge is 1.94. The van der Waals surface area contributed by atoms with Crippen molar-refractivity contribution in [3.8, 4) is 0 Å². The molecule has 1 aromatic rings. The molecule has 3 heteroatoms. The second kappa shape index (κ2) is 4.87. The predicted octanol–water partition coefficient (Wildman–Crippen LogP) is 1.76. The molecular formula is C10H10N2O. The number of nitrogens with zero attached hydrogens (tertiary/aromatic N) is 1. The Balaban J connectivity index is 2.55. The van der Waals surface area contributed by atoms with Gasteiger partial charge in [0, 0.05) is 12.3 Å². The number of pyridine rings is 1. The van der Waals surface area contributed by atoms with E-state index >= 15 is 0 Å². The molecule has 0 aliphatic rings. The summed E-state index contributed by atoms with van der Waals surface area (Å²) in [6.45, 7) is 3.46. The predicted molar refractivity (Wildman–Crippen MR) is 52.2 cm³/mol. The maximum Gasteiger partial charge on any atom is 0.248 e. The fraction of sp³-hybridized carbons (Fsp3) is 0. The maximum absolute atomic E-state index is 11.1. The lowest BCUT2D eigenvalue weighted by Crippen LogP contribution is -2.07. The van der Waals surface area contributed by atoms with Gasteiger partial charge in [0.25, 0.3) is 0 Å². The minimum Gasteiger partial charge on any atom is -0.321 e. The first-order chi connectivity index (χ1) is 6.33. The molecule has 0 unspecified atom stereocenters. The number of rotatable bonds is 3. The zero-order chi connectivity index (χ0) is 9.52. The van der Waals surface area contributed by atoms with Gasteiger partial charge in [0.15, 0.2) is 0 Å². The molecule has 1 amide bonds. The van der Waals surface area contributed by atoms with Crippen molar-refractivity contribution in [1.82, 2.24) is 4.98 Å². The van der Waals surface area contributed by atoms with Gasteiger partial charge in [-0.25, -0.2) is 0 Å². The highest BCUT2D eigenvalue weighted by molar-refractivity contribution is 5.99.